The number of piperidine rings is 1. The molecule has 6 nitrogen and oxygen atoms in total. The molecule has 2 aromatic rings. The number of hydrogen-bond acceptors (Lipinski definition) is 6. The van der Waals surface area contributed by atoms with Gasteiger partial charge in [0.05, 0.1) is 11.3 Å². The molecule has 2 aliphatic rings. The van der Waals surface area contributed by atoms with Crippen LogP contribution in [0, 0.1) is 11.9 Å². The van der Waals surface area contributed by atoms with Crippen LogP contribution in [0.5, 0.6) is 0 Å². The lowest BCUT2D eigenvalue weighted by Gasteiger charge is -2.39. The highest BCUT2D eigenvalue weighted by atomic mass is 32.1. The van der Waals surface area contributed by atoms with Gasteiger partial charge in [0.15, 0.2) is 8.32 Å². The monoisotopic (exact) mass is 476 g/mol. The van der Waals surface area contributed by atoms with Gasteiger partial charge in [-0.3, -0.25) is 4.79 Å². The summed E-state index contributed by atoms with van der Waals surface area (Å²) >= 11 is 1.23. The molecule has 1 N–H and O–H groups in total. The average molecular weight is 477 g/mol. The maximum absolute atomic E-state index is 14.9. The van der Waals surface area contributed by atoms with Crippen LogP contribution in [0.15, 0.2) is 12.1 Å². The van der Waals surface area contributed by atoms with Crippen molar-refractivity contribution in [2.45, 2.75) is 58.2 Å². The SMILES string of the molecule is CC(C)(C)[Si](C)(C)OCC1CCN(c2ccc(-c3nc4c(s3)C(=O)NCC4)c(F)n2)CC1. The molecule has 0 aromatic carbocycles. The summed E-state index contributed by atoms with van der Waals surface area (Å²) in [6.07, 6.45) is 2.72. The van der Waals surface area contributed by atoms with Gasteiger partial charge in [0, 0.05) is 32.7 Å². The highest BCUT2D eigenvalue weighted by Gasteiger charge is 2.38. The lowest BCUT2D eigenvalue weighted by atomic mass is 9.98. The zero-order valence-corrected chi connectivity index (χ0v) is 21.4. The number of rotatable bonds is 5. The highest BCUT2D eigenvalue weighted by molar-refractivity contribution is 7.17. The number of hydrogen-bond donors (Lipinski definition) is 1. The van der Waals surface area contributed by atoms with Crippen LogP contribution in [0.2, 0.25) is 18.1 Å². The van der Waals surface area contributed by atoms with Crippen molar-refractivity contribution in [3.63, 3.8) is 0 Å². The molecule has 1 saturated heterocycles. The Balaban J connectivity index is 1.38. The maximum Gasteiger partial charge on any atom is 0.263 e. The van der Waals surface area contributed by atoms with E-state index in [0.717, 1.165) is 38.2 Å². The Hall–Kier alpha value is -1.84. The number of fused-ring (bicyclic) bond motifs is 1. The van der Waals surface area contributed by atoms with Crippen molar-refractivity contribution < 1.29 is 13.6 Å². The Labute approximate surface area is 194 Å². The van der Waals surface area contributed by atoms with Crippen molar-refractivity contribution in [2.75, 3.05) is 31.1 Å². The normalized spacial score (nSPS) is 17.9. The molecule has 0 bridgehead atoms. The number of pyridine rings is 1. The third kappa shape index (κ3) is 4.74. The maximum atomic E-state index is 14.9. The molecule has 2 aromatic heterocycles. The predicted molar refractivity (Wildman–Crippen MR) is 129 cm³/mol. The van der Waals surface area contributed by atoms with Gasteiger partial charge in [-0.25, -0.2) is 9.97 Å². The van der Waals surface area contributed by atoms with Crippen molar-refractivity contribution in [1.29, 1.82) is 0 Å². The number of anilines is 1. The second-order valence-electron chi connectivity index (χ2n) is 10.3. The number of thiazole rings is 1. The lowest BCUT2D eigenvalue weighted by Crippen LogP contribution is -2.43. The molecule has 4 heterocycles. The minimum Gasteiger partial charge on any atom is -0.417 e. The first-order valence-corrected chi connectivity index (χ1v) is 15.1. The quantitative estimate of drug-likeness (QED) is 0.493. The van der Waals surface area contributed by atoms with Gasteiger partial charge in [-0.2, -0.15) is 4.39 Å². The van der Waals surface area contributed by atoms with E-state index < -0.39 is 14.3 Å². The minimum absolute atomic E-state index is 0.125. The first-order chi connectivity index (χ1) is 15.0. The smallest absolute Gasteiger partial charge is 0.263 e. The Morgan fingerprint density at radius 3 is 2.59 bits per heavy atom. The first kappa shape index (κ1) is 23.3. The van der Waals surface area contributed by atoms with Crippen molar-refractivity contribution in [3.8, 4) is 10.6 Å². The number of halogens is 1. The summed E-state index contributed by atoms with van der Waals surface area (Å²) in [6.45, 7) is 14.5. The number of nitrogens with one attached hydrogen (secondary N) is 1. The van der Waals surface area contributed by atoms with E-state index in [-0.39, 0.29) is 10.9 Å². The van der Waals surface area contributed by atoms with Gasteiger partial charge >= 0.3 is 0 Å². The molecule has 9 heteroatoms. The third-order valence-corrected chi connectivity index (χ3v) is 12.7. The fourth-order valence-corrected chi connectivity index (χ4v) is 5.95. The van der Waals surface area contributed by atoms with Crippen LogP contribution >= 0.6 is 11.3 Å². The molecule has 2 aliphatic heterocycles. The third-order valence-electron chi connectivity index (χ3n) is 7.04. The van der Waals surface area contributed by atoms with E-state index >= 15 is 0 Å². The molecule has 1 amide bonds. The lowest BCUT2D eigenvalue weighted by molar-refractivity contribution is 0.0950. The Bertz CT molecular complexity index is 996. The van der Waals surface area contributed by atoms with Crippen molar-refractivity contribution in [2.24, 2.45) is 5.92 Å². The van der Waals surface area contributed by atoms with Crippen LogP contribution in [0.4, 0.5) is 10.2 Å². The van der Waals surface area contributed by atoms with Gasteiger partial charge in [-0.15, -0.1) is 11.3 Å². The number of aromatic nitrogens is 2. The summed E-state index contributed by atoms with van der Waals surface area (Å²) in [5.41, 5.74) is 1.11. The number of carbonyl (C=O) groups excluding carboxylic acids is 1. The van der Waals surface area contributed by atoms with E-state index in [1.165, 1.54) is 11.3 Å². The number of nitrogens with zero attached hydrogens (tertiary/aromatic N) is 3. The first-order valence-electron chi connectivity index (χ1n) is 11.4. The van der Waals surface area contributed by atoms with Gasteiger partial charge in [0.2, 0.25) is 5.95 Å². The van der Waals surface area contributed by atoms with E-state index in [1.807, 2.05) is 6.07 Å². The molecule has 0 unspecified atom stereocenters. The van der Waals surface area contributed by atoms with Gasteiger partial charge in [0.1, 0.15) is 15.7 Å². The van der Waals surface area contributed by atoms with Gasteiger partial charge in [0.25, 0.3) is 5.91 Å². The Morgan fingerprint density at radius 2 is 1.97 bits per heavy atom. The second kappa shape index (κ2) is 8.83. The Kier molecular flexibility index (Phi) is 6.44. The molecule has 0 aliphatic carbocycles. The van der Waals surface area contributed by atoms with Gasteiger partial charge < -0.3 is 14.6 Å². The molecule has 1 fully saturated rings. The fourth-order valence-electron chi connectivity index (χ4n) is 3.82. The number of amides is 1. The molecule has 4 rings (SSSR count). The average Bonchev–Trinajstić information content (AvgIpc) is 3.17. The summed E-state index contributed by atoms with van der Waals surface area (Å²) in [6, 6.07) is 3.61. The number of carbonyl (C=O) groups is 1. The largest absolute Gasteiger partial charge is 0.417 e. The second-order valence-corrected chi connectivity index (χ2v) is 16.1. The van der Waals surface area contributed by atoms with Gasteiger partial charge in [-0.1, -0.05) is 20.8 Å². The van der Waals surface area contributed by atoms with Crippen molar-refractivity contribution in [3.05, 3.63) is 28.7 Å². The molecular formula is C23H33FN4O2SSi. The fraction of sp³-hybridized carbons (Fsp3) is 0.609. The Morgan fingerprint density at radius 1 is 1.25 bits per heavy atom. The van der Waals surface area contributed by atoms with E-state index in [9.17, 15) is 9.18 Å². The van der Waals surface area contributed by atoms with E-state index in [4.69, 9.17) is 4.43 Å². The van der Waals surface area contributed by atoms with E-state index in [2.05, 4.69) is 54.0 Å². The van der Waals surface area contributed by atoms with Crippen LogP contribution < -0.4 is 10.2 Å². The summed E-state index contributed by atoms with van der Waals surface area (Å²) in [4.78, 5) is 23.5. The van der Waals surface area contributed by atoms with Crippen LogP contribution in [-0.4, -0.2) is 50.4 Å². The predicted octanol–water partition coefficient (Wildman–Crippen LogP) is 4.87. The molecule has 32 heavy (non-hydrogen) atoms. The van der Waals surface area contributed by atoms with Crippen molar-refractivity contribution in [1.82, 2.24) is 15.3 Å². The zero-order chi connectivity index (χ0) is 23.1. The van der Waals surface area contributed by atoms with E-state index in [0.29, 0.717) is 40.1 Å². The highest BCUT2D eigenvalue weighted by Crippen LogP contribution is 2.37. The molecule has 0 saturated carbocycles. The van der Waals surface area contributed by atoms with E-state index in [1.54, 1.807) is 6.07 Å². The van der Waals surface area contributed by atoms with Gasteiger partial charge in [-0.05, 0) is 49.0 Å². The summed E-state index contributed by atoms with van der Waals surface area (Å²) in [5.74, 6) is 0.545. The summed E-state index contributed by atoms with van der Waals surface area (Å²) in [5, 5.41) is 3.54. The zero-order valence-electron chi connectivity index (χ0n) is 19.6. The summed E-state index contributed by atoms with van der Waals surface area (Å²) in [7, 11) is -1.73. The topological polar surface area (TPSA) is 67.3 Å². The van der Waals surface area contributed by atoms with Crippen LogP contribution in [0.25, 0.3) is 10.6 Å². The molecule has 0 radical (unpaired) electrons. The molecule has 0 spiro atoms. The molecule has 0 atom stereocenters. The van der Waals surface area contributed by atoms with Crippen molar-refractivity contribution >= 4 is 31.4 Å². The van der Waals surface area contributed by atoms with Crippen LogP contribution in [-0.2, 0) is 10.8 Å². The summed E-state index contributed by atoms with van der Waals surface area (Å²) < 4.78 is 21.3. The minimum atomic E-state index is -1.73. The molecule has 174 valence electrons. The standard InChI is InChI=1S/C23H33FN4O2SSi/c1-23(2,3)32(4,5)30-14-15-9-12-28(13-10-15)18-7-6-16(20(24)27-18)22-26-17-8-11-25-21(29)19(17)31-22/h6-7,15H,8-14H2,1-5H3,(H,25,29). The van der Waals surface area contributed by atoms with Crippen LogP contribution in [0.3, 0.4) is 0 Å². The van der Waals surface area contributed by atoms with Crippen LogP contribution in [0.1, 0.15) is 49.0 Å². The molecular weight excluding hydrogens is 443 g/mol.